The van der Waals surface area contributed by atoms with Gasteiger partial charge >= 0.3 is 5.97 Å². The molecular weight excluding hydrogens is 456 g/mol. The fourth-order valence-corrected chi connectivity index (χ4v) is 3.74. The Kier molecular flexibility index (Phi) is 6.67. The number of fused-ring (bicyclic) bond motifs is 1. The van der Waals surface area contributed by atoms with Gasteiger partial charge in [0.2, 0.25) is 0 Å². The first-order valence-electron chi connectivity index (χ1n) is 10.1. The van der Waals surface area contributed by atoms with E-state index >= 15 is 0 Å². The minimum Gasteiger partial charge on any atom is -0.490 e. The van der Waals surface area contributed by atoms with Crippen LogP contribution < -0.4 is 4.74 Å². The molecule has 0 saturated heterocycles. The molecule has 1 unspecified atom stereocenters. The van der Waals surface area contributed by atoms with Gasteiger partial charge in [0.1, 0.15) is 18.2 Å². The molecule has 3 aromatic carbocycles. The van der Waals surface area contributed by atoms with Crippen molar-refractivity contribution in [3.8, 4) is 5.75 Å². The van der Waals surface area contributed by atoms with Crippen LogP contribution in [0.1, 0.15) is 21.5 Å². The van der Waals surface area contributed by atoms with Crippen LogP contribution >= 0.6 is 15.9 Å². The van der Waals surface area contributed by atoms with E-state index in [1.54, 1.807) is 12.1 Å². The number of benzene rings is 3. The van der Waals surface area contributed by atoms with Crippen LogP contribution in [0.25, 0.3) is 0 Å². The summed E-state index contributed by atoms with van der Waals surface area (Å²) in [5.74, 6) is 1.26. The lowest BCUT2D eigenvalue weighted by Crippen LogP contribution is -2.39. The second kappa shape index (κ2) is 9.79. The highest BCUT2D eigenvalue weighted by molar-refractivity contribution is 9.10. The Balaban J connectivity index is 1.47. The number of likely N-dealkylation sites (N-methyl/N-ethyl adjacent to an activating group) is 1. The Hall–Kier alpha value is -3.12. The molecule has 0 radical (unpaired) electrons. The summed E-state index contributed by atoms with van der Waals surface area (Å²) < 4.78 is 12.7. The number of hydrogen-bond donors (Lipinski definition) is 0. The van der Waals surface area contributed by atoms with E-state index in [2.05, 4.69) is 33.1 Å². The Labute approximate surface area is 190 Å². The predicted octanol–water partition coefficient (Wildman–Crippen LogP) is 4.95. The molecule has 0 N–H and O–H groups in total. The molecule has 0 spiro atoms. The molecular formula is C25H23BrN2O3. The molecule has 1 aliphatic heterocycles. The maximum atomic E-state index is 12.7. The smallest absolute Gasteiger partial charge is 0.338 e. The second-order valence-corrected chi connectivity index (χ2v) is 8.25. The largest absolute Gasteiger partial charge is 0.490 e. The van der Waals surface area contributed by atoms with Crippen molar-refractivity contribution in [3.63, 3.8) is 0 Å². The van der Waals surface area contributed by atoms with E-state index < -0.39 is 6.10 Å². The standard InChI is InChI=1S/C25H23BrN2O3/c1-28(24-23-10-6-5-7-19(23)15-27-24)16-22(17-30-21-8-3-2-4-9-21)31-25(29)18-11-13-20(26)14-12-18/h2-14,22H,15-17H2,1H3. The summed E-state index contributed by atoms with van der Waals surface area (Å²) in [7, 11) is 1.96. The van der Waals surface area contributed by atoms with Crippen molar-refractivity contribution >= 4 is 27.7 Å². The molecule has 0 saturated carbocycles. The van der Waals surface area contributed by atoms with Crippen molar-refractivity contribution < 1.29 is 14.3 Å². The van der Waals surface area contributed by atoms with Gasteiger partial charge in [0, 0.05) is 17.1 Å². The van der Waals surface area contributed by atoms with Gasteiger partial charge in [0.25, 0.3) is 0 Å². The predicted molar refractivity (Wildman–Crippen MR) is 125 cm³/mol. The fourth-order valence-electron chi connectivity index (χ4n) is 3.48. The van der Waals surface area contributed by atoms with E-state index in [9.17, 15) is 4.79 Å². The van der Waals surface area contributed by atoms with Gasteiger partial charge in [-0.15, -0.1) is 0 Å². The molecule has 6 heteroatoms. The third-order valence-corrected chi connectivity index (χ3v) is 5.56. The number of carbonyl (C=O) groups excluding carboxylic acids is 1. The monoisotopic (exact) mass is 478 g/mol. The fraction of sp³-hybridized carbons (Fsp3) is 0.200. The third kappa shape index (κ3) is 5.33. The van der Waals surface area contributed by atoms with Crippen LogP contribution in [-0.4, -0.2) is 43.0 Å². The highest BCUT2D eigenvalue weighted by Crippen LogP contribution is 2.21. The van der Waals surface area contributed by atoms with Crippen molar-refractivity contribution in [2.75, 3.05) is 20.2 Å². The van der Waals surface area contributed by atoms with Crippen molar-refractivity contribution in [1.82, 2.24) is 4.90 Å². The first-order valence-corrected chi connectivity index (χ1v) is 10.9. The van der Waals surface area contributed by atoms with E-state index in [4.69, 9.17) is 9.47 Å². The van der Waals surface area contributed by atoms with Gasteiger partial charge in [0.05, 0.1) is 18.7 Å². The number of aliphatic imine (C=N–C) groups is 1. The van der Waals surface area contributed by atoms with Gasteiger partial charge in [-0.05, 0) is 42.0 Å². The molecule has 0 aliphatic carbocycles. The Bertz CT molecular complexity index is 1070. The first kappa shape index (κ1) is 21.1. The zero-order valence-corrected chi connectivity index (χ0v) is 18.8. The molecule has 0 fully saturated rings. The number of rotatable bonds is 7. The molecule has 3 aromatic rings. The summed E-state index contributed by atoms with van der Waals surface area (Å²) in [6.07, 6.45) is -0.475. The van der Waals surface area contributed by atoms with E-state index in [0.29, 0.717) is 18.7 Å². The molecule has 0 bridgehead atoms. The van der Waals surface area contributed by atoms with Crippen LogP contribution in [0.3, 0.4) is 0 Å². The minimum atomic E-state index is -0.475. The SMILES string of the molecule is CN(CC(COc1ccccc1)OC(=O)c1ccc(Br)cc1)C1=NCc2ccccc21. The third-order valence-electron chi connectivity index (χ3n) is 5.03. The van der Waals surface area contributed by atoms with Crippen LogP contribution in [0.5, 0.6) is 5.75 Å². The molecule has 1 aliphatic rings. The average Bonchev–Trinajstić information content (AvgIpc) is 3.23. The van der Waals surface area contributed by atoms with Gasteiger partial charge in [-0.2, -0.15) is 0 Å². The van der Waals surface area contributed by atoms with Crippen LogP contribution in [-0.2, 0) is 11.3 Å². The van der Waals surface area contributed by atoms with Gasteiger partial charge < -0.3 is 14.4 Å². The van der Waals surface area contributed by atoms with E-state index in [0.717, 1.165) is 21.6 Å². The zero-order valence-electron chi connectivity index (χ0n) is 17.2. The van der Waals surface area contributed by atoms with Crippen molar-refractivity contribution in [2.45, 2.75) is 12.6 Å². The lowest BCUT2D eigenvalue weighted by molar-refractivity contribution is 0.0130. The number of amidine groups is 1. The second-order valence-electron chi connectivity index (χ2n) is 7.34. The lowest BCUT2D eigenvalue weighted by atomic mass is 10.1. The molecule has 158 valence electrons. The number of esters is 1. The molecule has 4 rings (SSSR count). The quantitative estimate of drug-likeness (QED) is 0.451. The molecule has 5 nitrogen and oxygen atoms in total. The van der Waals surface area contributed by atoms with Crippen molar-refractivity contribution in [1.29, 1.82) is 0 Å². The summed E-state index contributed by atoms with van der Waals surface area (Å²) in [6, 6.07) is 24.8. The van der Waals surface area contributed by atoms with Gasteiger partial charge in [-0.25, -0.2) is 4.79 Å². The average molecular weight is 479 g/mol. The summed E-state index contributed by atoms with van der Waals surface area (Å²) in [5, 5.41) is 0. The minimum absolute atomic E-state index is 0.242. The summed E-state index contributed by atoms with van der Waals surface area (Å²) in [5.41, 5.74) is 2.82. The van der Waals surface area contributed by atoms with Gasteiger partial charge in [-0.1, -0.05) is 58.4 Å². The zero-order chi connectivity index (χ0) is 21.6. The molecule has 31 heavy (non-hydrogen) atoms. The van der Waals surface area contributed by atoms with E-state index in [1.807, 2.05) is 66.5 Å². The van der Waals surface area contributed by atoms with Crippen LogP contribution in [0, 0.1) is 0 Å². The maximum Gasteiger partial charge on any atom is 0.338 e. The number of ether oxygens (including phenoxy) is 2. The van der Waals surface area contributed by atoms with Crippen LogP contribution in [0.15, 0.2) is 88.3 Å². The van der Waals surface area contributed by atoms with Gasteiger partial charge in [-0.3, -0.25) is 4.99 Å². The number of halogens is 1. The normalized spacial score (nSPS) is 13.2. The highest BCUT2D eigenvalue weighted by atomic mass is 79.9. The highest BCUT2D eigenvalue weighted by Gasteiger charge is 2.24. The number of nitrogens with zero attached hydrogens (tertiary/aromatic N) is 2. The Morgan fingerprint density at radius 3 is 2.52 bits per heavy atom. The molecule has 1 heterocycles. The Morgan fingerprint density at radius 2 is 1.74 bits per heavy atom. The van der Waals surface area contributed by atoms with Crippen LogP contribution in [0.2, 0.25) is 0 Å². The lowest BCUT2D eigenvalue weighted by Gasteiger charge is -2.26. The molecule has 1 atom stereocenters. The maximum absolute atomic E-state index is 12.7. The van der Waals surface area contributed by atoms with Crippen molar-refractivity contribution in [3.05, 3.63) is 100 Å². The first-order chi connectivity index (χ1) is 15.1. The summed E-state index contributed by atoms with van der Waals surface area (Å²) in [4.78, 5) is 19.4. The Morgan fingerprint density at radius 1 is 1.03 bits per heavy atom. The van der Waals surface area contributed by atoms with Crippen molar-refractivity contribution in [2.24, 2.45) is 4.99 Å². The summed E-state index contributed by atoms with van der Waals surface area (Å²) in [6.45, 7) is 1.37. The topological polar surface area (TPSA) is 51.1 Å². The number of hydrogen-bond acceptors (Lipinski definition) is 5. The summed E-state index contributed by atoms with van der Waals surface area (Å²) >= 11 is 3.39. The van der Waals surface area contributed by atoms with E-state index in [1.165, 1.54) is 5.56 Å². The number of carbonyl (C=O) groups is 1. The van der Waals surface area contributed by atoms with Crippen LogP contribution in [0.4, 0.5) is 0 Å². The van der Waals surface area contributed by atoms with Gasteiger partial charge in [0.15, 0.2) is 6.10 Å². The van der Waals surface area contributed by atoms with E-state index in [-0.39, 0.29) is 12.6 Å². The number of para-hydroxylation sites is 1. The molecule has 0 amide bonds. The molecule has 0 aromatic heterocycles.